The van der Waals surface area contributed by atoms with Crippen LogP contribution in [0.15, 0.2) is 42.5 Å². The van der Waals surface area contributed by atoms with Gasteiger partial charge in [-0.15, -0.1) is 0 Å². The van der Waals surface area contributed by atoms with Gasteiger partial charge in [0.05, 0.1) is 0 Å². The normalized spacial score (nSPS) is 10.4. The molecule has 82 valence electrons. The van der Waals surface area contributed by atoms with Gasteiger partial charge in [0.1, 0.15) is 5.75 Å². The van der Waals surface area contributed by atoms with Crippen LogP contribution < -0.4 is 0 Å². The zero-order valence-electron chi connectivity index (χ0n) is 8.45. The van der Waals surface area contributed by atoms with E-state index in [-0.39, 0.29) is 5.75 Å². The summed E-state index contributed by atoms with van der Waals surface area (Å²) in [5.74, 6) is 0.240. The summed E-state index contributed by atoms with van der Waals surface area (Å²) in [4.78, 5) is 0. The SMILES string of the molecule is Oc1ccc(Cl)cc1Cc1ccccc1Cl. The van der Waals surface area contributed by atoms with Crippen molar-refractivity contribution in [1.29, 1.82) is 0 Å². The predicted octanol–water partition coefficient (Wildman–Crippen LogP) is 4.29. The van der Waals surface area contributed by atoms with E-state index >= 15 is 0 Å². The van der Waals surface area contributed by atoms with E-state index in [0.717, 1.165) is 11.1 Å². The lowest BCUT2D eigenvalue weighted by atomic mass is 10.0. The number of rotatable bonds is 2. The maximum Gasteiger partial charge on any atom is 0.119 e. The summed E-state index contributed by atoms with van der Waals surface area (Å²) in [6.07, 6.45) is 0.575. The first-order valence-corrected chi connectivity index (χ1v) is 5.63. The molecule has 0 aromatic heterocycles. The molecule has 0 bridgehead atoms. The fourth-order valence-electron chi connectivity index (χ4n) is 1.54. The molecule has 0 fully saturated rings. The Morgan fingerprint density at radius 3 is 2.44 bits per heavy atom. The van der Waals surface area contributed by atoms with Crippen molar-refractivity contribution in [3.05, 3.63) is 63.6 Å². The largest absolute Gasteiger partial charge is 0.508 e. The number of hydrogen-bond acceptors (Lipinski definition) is 1. The van der Waals surface area contributed by atoms with Crippen LogP contribution >= 0.6 is 23.2 Å². The van der Waals surface area contributed by atoms with Gasteiger partial charge in [-0.3, -0.25) is 0 Å². The number of hydrogen-bond donors (Lipinski definition) is 1. The molecule has 0 aliphatic rings. The topological polar surface area (TPSA) is 20.2 Å². The molecule has 0 saturated carbocycles. The minimum Gasteiger partial charge on any atom is -0.508 e. The lowest BCUT2D eigenvalue weighted by molar-refractivity contribution is 0.469. The van der Waals surface area contributed by atoms with Crippen LogP contribution in [0.2, 0.25) is 10.0 Å². The second-order valence-corrected chi connectivity index (χ2v) is 4.38. The minimum absolute atomic E-state index is 0.240. The first-order chi connectivity index (χ1) is 7.66. The van der Waals surface area contributed by atoms with Crippen LogP contribution in [0, 0.1) is 0 Å². The molecule has 0 aliphatic heterocycles. The third kappa shape index (κ3) is 2.49. The van der Waals surface area contributed by atoms with Crippen molar-refractivity contribution < 1.29 is 5.11 Å². The van der Waals surface area contributed by atoms with E-state index in [4.69, 9.17) is 23.2 Å². The van der Waals surface area contributed by atoms with Crippen LogP contribution in [-0.2, 0) is 6.42 Å². The van der Waals surface area contributed by atoms with Crippen LogP contribution in [0.4, 0.5) is 0 Å². The zero-order chi connectivity index (χ0) is 11.5. The van der Waals surface area contributed by atoms with Crippen molar-refractivity contribution in [3.63, 3.8) is 0 Å². The molecular formula is C13H10Cl2O. The molecule has 0 aliphatic carbocycles. The highest BCUT2D eigenvalue weighted by atomic mass is 35.5. The smallest absolute Gasteiger partial charge is 0.119 e. The summed E-state index contributed by atoms with van der Waals surface area (Å²) in [7, 11) is 0. The van der Waals surface area contributed by atoms with Crippen molar-refractivity contribution in [2.75, 3.05) is 0 Å². The maximum absolute atomic E-state index is 9.69. The van der Waals surface area contributed by atoms with Crippen molar-refractivity contribution in [3.8, 4) is 5.75 Å². The maximum atomic E-state index is 9.69. The number of phenolic OH excluding ortho intramolecular Hbond substituents is 1. The number of benzene rings is 2. The molecule has 0 radical (unpaired) electrons. The molecule has 0 atom stereocenters. The summed E-state index contributed by atoms with van der Waals surface area (Å²) in [6.45, 7) is 0. The quantitative estimate of drug-likeness (QED) is 0.846. The van der Waals surface area contributed by atoms with Crippen LogP contribution in [-0.4, -0.2) is 5.11 Å². The van der Waals surface area contributed by atoms with Crippen molar-refractivity contribution in [2.24, 2.45) is 0 Å². The Hall–Kier alpha value is -1.18. The van der Waals surface area contributed by atoms with Gasteiger partial charge in [0.2, 0.25) is 0 Å². The second kappa shape index (κ2) is 4.77. The van der Waals surface area contributed by atoms with E-state index in [1.54, 1.807) is 18.2 Å². The highest BCUT2D eigenvalue weighted by Gasteiger charge is 2.05. The molecule has 0 saturated heterocycles. The van der Waals surface area contributed by atoms with E-state index in [1.807, 2.05) is 24.3 Å². The zero-order valence-corrected chi connectivity index (χ0v) is 9.96. The van der Waals surface area contributed by atoms with E-state index in [1.165, 1.54) is 0 Å². The summed E-state index contributed by atoms with van der Waals surface area (Å²) in [5.41, 5.74) is 1.75. The minimum atomic E-state index is 0.240. The lowest BCUT2D eigenvalue weighted by Crippen LogP contribution is -1.90. The Labute approximate surface area is 104 Å². The highest BCUT2D eigenvalue weighted by molar-refractivity contribution is 6.31. The van der Waals surface area contributed by atoms with Crippen molar-refractivity contribution in [2.45, 2.75) is 6.42 Å². The van der Waals surface area contributed by atoms with E-state index in [9.17, 15) is 5.11 Å². The molecule has 0 unspecified atom stereocenters. The van der Waals surface area contributed by atoms with Gasteiger partial charge in [-0.1, -0.05) is 41.4 Å². The molecular weight excluding hydrogens is 243 g/mol. The van der Waals surface area contributed by atoms with Gasteiger partial charge >= 0.3 is 0 Å². The van der Waals surface area contributed by atoms with E-state index < -0.39 is 0 Å². The summed E-state index contributed by atoms with van der Waals surface area (Å²) >= 11 is 11.9. The lowest BCUT2D eigenvalue weighted by Gasteiger charge is -2.06. The number of phenols is 1. The van der Waals surface area contributed by atoms with Gasteiger partial charge < -0.3 is 5.11 Å². The Morgan fingerprint density at radius 1 is 0.938 bits per heavy atom. The van der Waals surface area contributed by atoms with Crippen LogP contribution in [0.5, 0.6) is 5.75 Å². The molecule has 1 nitrogen and oxygen atoms in total. The molecule has 16 heavy (non-hydrogen) atoms. The molecule has 2 rings (SSSR count). The van der Waals surface area contributed by atoms with Gasteiger partial charge in [-0.25, -0.2) is 0 Å². The standard InChI is InChI=1S/C13H10Cl2O/c14-11-5-6-13(16)10(8-11)7-9-3-1-2-4-12(9)15/h1-6,8,16H,7H2. The summed E-state index contributed by atoms with van der Waals surface area (Å²) in [6, 6.07) is 12.6. The van der Waals surface area contributed by atoms with Gasteiger partial charge in [0.15, 0.2) is 0 Å². The van der Waals surface area contributed by atoms with Crippen LogP contribution in [0.25, 0.3) is 0 Å². The van der Waals surface area contributed by atoms with Gasteiger partial charge in [-0.2, -0.15) is 0 Å². The molecule has 1 N–H and O–H groups in total. The fraction of sp³-hybridized carbons (Fsp3) is 0.0769. The monoisotopic (exact) mass is 252 g/mol. The number of aromatic hydroxyl groups is 1. The molecule has 2 aromatic carbocycles. The van der Waals surface area contributed by atoms with Gasteiger partial charge in [0.25, 0.3) is 0 Å². The number of halogens is 2. The third-order valence-electron chi connectivity index (χ3n) is 2.38. The molecule has 0 heterocycles. The average molecular weight is 253 g/mol. The first kappa shape index (κ1) is 11.3. The van der Waals surface area contributed by atoms with Crippen LogP contribution in [0.3, 0.4) is 0 Å². The Morgan fingerprint density at radius 2 is 1.69 bits per heavy atom. The third-order valence-corrected chi connectivity index (χ3v) is 2.98. The Bertz CT molecular complexity index is 509. The van der Waals surface area contributed by atoms with E-state index in [0.29, 0.717) is 16.5 Å². The molecule has 2 aromatic rings. The van der Waals surface area contributed by atoms with Crippen molar-refractivity contribution >= 4 is 23.2 Å². The van der Waals surface area contributed by atoms with Crippen molar-refractivity contribution in [1.82, 2.24) is 0 Å². The fourth-order valence-corrected chi connectivity index (χ4v) is 1.94. The second-order valence-electron chi connectivity index (χ2n) is 3.54. The van der Waals surface area contributed by atoms with Gasteiger partial charge in [-0.05, 0) is 35.4 Å². The summed E-state index contributed by atoms with van der Waals surface area (Å²) in [5, 5.41) is 11.0. The average Bonchev–Trinajstić information content (AvgIpc) is 2.27. The van der Waals surface area contributed by atoms with Gasteiger partial charge in [0, 0.05) is 16.5 Å². The molecule has 0 amide bonds. The first-order valence-electron chi connectivity index (χ1n) is 4.87. The Kier molecular flexibility index (Phi) is 3.37. The van der Waals surface area contributed by atoms with Crippen LogP contribution in [0.1, 0.15) is 11.1 Å². The van der Waals surface area contributed by atoms with E-state index in [2.05, 4.69) is 0 Å². The molecule has 3 heteroatoms. The Balaban J connectivity index is 2.34. The molecule has 0 spiro atoms. The highest BCUT2D eigenvalue weighted by Crippen LogP contribution is 2.26. The predicted molar refractivity (Wildman–Crippen MR) is 67.4 cm³/mol. The summed E-state index contributed by atoms with van der Waals surface area (Å²) < 4.78 is 0.